The summed E-state index contributed by atoms with van der Waals surface area (Å²) in [5.41, 5.74) is 8.15. The van der Waals surface area contributed by atoms with Gasteiger partial charge in [-0.25, -0.2) is 8.42 Å². The number of aryl methyl sites for hydroxylation is 1. The van der Waals surface area contributed by atoms with Crippen molar-refractivity contribution in [3.8, 4) is 0 Å². The summed E-state index contributed by atoms with van der Waals surface area (Å²) in [5, 5.41) is 0.372. The number of hydrogen-bond acceptors (Lipinski definition) is 3. The van der Waals surface area contributed by atoms with Crippen LogP contribution in [0.5, 0.6) is 0 Å². The standard InChI is InChI=1S/C14H15ClN2O2S/c1-10-2-7-13(15)14(8-10)17-20(18,19)9-11-3-5-12(16)6-4-11/h2-8,17H,9,16H2,1H3. The first-order valence-corrected chi connectivity index (χ1v) is 8.00. The van der Waals surface area contributed by atoms with Crippen molar-refractivity contribution in [1.29, 1.82) is 0 Å². The number of nitrogen functional groups attached to an aromatic ring is 1. The summed E-state index contributed by atoms with van der Waals surface area (Å²) < 4.78 is 26.7. The SMILES string of the molecule is Cc1ccc(Cl)c(NS(=O)(=O)Cc2ccc(N)cc2)c1. The van der Waals surface area contributed by atoms with Crippen LogP contribution in [0.2, 0.25) is 5.02 Å². The van der Waals surface area contributed by atoms with Gasteiger partial charge in [-0.1, -0.05) is 29.8 Å². The largest absolute Gasteiger partial charge is 0.399 e. The highest BCUT2D eigenvalue weighted by molar-refractivity contribution is 7.91. The monoisotopic (exact) mass is 310 g/mol. The Kier molecular flexibility index (Phi) is 4.20. The number of anilines is 2. The summed E-state index contributed by atoms with van der Waals surface area (Å²) in [6.07, 6.45) is 0. The summed E-state index contributed by atoms with van der Waals surface area (Å²) in [4.78, 5) is 0. The van der Waals surface area contributed by atoms with E-state index in [-0.39, 0.29) is 5.75 Å². The molecule has 0 aliphatic heterocycles. The molecule has 106 valence electrons. The van der Waals surface area contributed by atoms with Crippen molar-refractivity contribution in [2.24, 2.45) is 0 Å². The molecule has 0 saturated carbocycles. The second-order valence-corrected chi connectivity index (χ2v) is 6.72. The highest BCUT2D eigenvalue weighted by Crippen LogP contribution is 2.24. The smallest absolute Gasteiger partial charge is 0.236 e. The Bertz CT molecular complexity index is 712. The maximum absolute atomic E-state index is 12.1. The minimum atomic E-state index is -3.52. The molecule has 0 unspecified atom stereocenters. The maximum atomic E-state index is 12.1. The van der Waals surface area contributed by atoms with E-state index in [1.807, 2.05) is 13.0 Å². The van der Waals surface area contributed by atoms with Crippen LogP contribution in [0.1, 0.15) is 11.1 Å². The van der Waals surface area contributed by atoms with Crippen molar-refractivity contribution in [3.05, 3.63) is 58.6 Å². The molecule has 0 bridgehead atoms. The minimum Gasteiger partial charge on any atom is -0.399 e. The summed E-state index contributed by atoms with van der Waals surface area (Å²) in [6, 6.07) is 11.9. The number of halogens is 1. The number of nitrogens with one attached hydrogen (secondary N) is 1. The van der Waals surface area contributed by atoms with Gasteiger partial charge in [0.2, 0.25) is 10.0 Å². The van der Waals surface area contributed by atoms with Crippen LogP contribution >= 0.6 is 11.6 Å². The van der Waals surface area contributed by atoms with E-state index in [1.54, 1.807) is 36.4 Å². The van der Waals surface area contributed by atoms with Crippen molar-refractivity contribution in [2.75, 3.05) is 10.5 Å². The molecular formula is C14H15ClN2O2S. The molecule has 0 aromatic heterocycles. The predicted molar refractivity (Wildman–Crippen MR) is 83.3 cm³/mol. The molecule has 0 radical (unpaired) electrons. The van der Waals surface area contributed by atoms with Crippen molar-refractivity contribution < 1.29 is 8.42 Å². The first-order valence-electron chi connectivity index (χ1n) is 5.97. The maximum Gasteiger partial charge on any atom is 0.236 e. The Labute approximate surface area is 123 Å². The zero-order valence-electron chi connectivity index (χ0n) is 10.9. The zero-order valence-corrected chi connectivity index (χ0v) is 12.5. The Morgan fingerprint density at radius 3 is 2.45 bits per heavy atom. The number of rotatable bonds is 4. The fourth-order valence-corrected chi connectivity index (χ4v) is 3.18. The molecule has 0 aliphatic carbocycles. The first-order chi connectivity index (χ1) is 9.35. The van der Waals surface area contributed by atoms with E-state index in [9.17, 15) is 8.42 Å². The van der Waals surface area contributed by atoms with E-state index in [0.29, 0.717) is 22.0 Å². The highest BCUT2D eigenvalue weighted by Gasteiger charge is 2.13. The van der Waals surface area contributed by atoms with Crippen LogP contribution in [0.25, 0.3) is 0 Å². The van der Waals surface area contributed by atoms with Gasteiger partial charge in [0.05, 0.1) is 16.5 Å². The van der Waals surface area contributed by atoms with Crippen LogP contribution in [0.3, 0.4) is 0 Å². The number of hydrogen-bond donors (Lipinski definition) is 2. The summed E-state index contributed by atoms with van der Waals surface area (Å²) in [5.74, 6) is -0.127. The second-order valence-electron chi connectivity index (χ2n) is 4.59. The van der Waals surface area contributed by atoms with Crippen LogP contribution in [0.15, 0.2) is 42.5 Å². The molecule has 4 nitrogen and oxygen atoms in total. The van der Waals surface area contributed by atoms with Gasteiger partial charge < -0.3 is 5.73 Å². The van der Waals surface area contributed by atoms with Gasteiger partial charge in [-0.2, -0.15) is 0 Å². The molecule has 0 heterocycles. The van der Waals surface area contributed by atoms with Gasteiger partial charge in [-0.3, -0.25) is 4.72 Å². The lowest BCUT2D eigenvalue weighted by Crippen LogP contribution is -2.15. The number of sulfonamides is 1. The van der Waals surface area contributed by atoms with Gasteiger partial charge in [-0.15, -0.1) is 0 Å². The lowest BCUT2D eigenvalue weighted by Gasteiger charge is -2.10. The fourth-order valence-electron chi connectivity index (χ4n) is 1.75. The lowest BCUT2D eigenvalue weighted by atomic mass is 10.2. The third-order valence-electron chi connectivity index (χ3n) is 2.72. The van der Waals surface area contributed by atoms with Gasteiger partial charge in [0.15, 0.2) is 0 Å². The highest BCUT2D eigenvalue weighted by atomic mass is 35.5. The van der Waals surface area contributed by atoms with Crippen LogP contribution in [0, 0.1) is 6.92 Å². The molecule has 20 heavy (non-hydrogen) atoms. The number of benzene rings is 2. The van der Waals surface area contributed by atoms with E-state index in [4.69, 9.17) is 17.3 Å². The first kappa shape index (κ1) is 14.7. The third-order valence-corrected chi connectivity index (χ3v) is 4.30. The van der Waals surface area contributed by atoms with Crippen LogP contribution in [0.4, 0.5) is 11.4 Å². The number of nitrogens with two attached hydrogens (primary N) is 1. The Morgan fingerprint density at radius 2 is 1.80 bits per heavy atom. The second kappa shape index (κ2) is 5.73. The van der Waals surface area contributed by atoms with Crippen LogP contribution in [-0.2, 0) is 15.8 Å². The van der Waals surface area contributed by atoms with Gasteiger partial charge in [0, 0.05) is 5.69 Å². The van der Waals surface area contributed by atoms with Crippen LogP contribution in [-0.4, -0.2) is 8.42 Å². The third kappa shape index (κ3) is 3.88. The van der Waals surface area contributed by atoms with Gasteiger partial charge in [0.1, 0.15) is 0 Å². The van der Waals surface area contributed by atoms with Crippen molar-refractivity contribution >= 4 is 33.0 Å². The topological polar surface area (TPSA) is 72.2 Å². The molecule has 0 aliphatic rings. The van der Waals surface area contributed by atoms with Crippen LogP contribution < -0.4 is 10.5 Å². The van der Waals surface area contributed by atoms with E-state index in [2.05, 4.69) is 4.72 Å². The van der Waals surface area contributed by atoms with E-state index in [0.717, 1.165) is 5.56 Å². The lowest BCUT2D eigenvalue weighted by molar-refractivity contribution is 0.600. The molecule has 0 amide bonds. The van der Waals surface area contributed by atoms with Crippen molar-refractivity contribution in [2.45, 2.75) is 12.7 Å². The van der Waals surface area contributed by atoms with Crippen molar-refractivity contribution in [1.82, 2.24) is 0 Å². The van der Waals surface area contributed by atoms with Gasteiger partial charge in [0.25, 0.3) is 0 Å². The summed E-state index contributed by atoms with van der Waals surface area (Å²) in [6.45, 7) is 1.87. The molecule has 6 heteroatoms. The molecular weight excluding hydrogens is 296 g/mol. The summed E-state index contributed by atoms with van der Waals surface area (Å²) >= 11 is 5.98. The average Bonchev–Trinajstić information content (AvgIpc) is 2.36. The molecule has 2 rings (SSSR count). The Hall–Kier alpha value is -1.72. The minimum absolute atomic E-state index is 0.127. The molecule has 3 N–H and O–H groups in total. The molecule has 2 aromatic rings. The van der Waals surface area contributed by atoms with Crippen molar-refractivity contribution in [3.63, 3.8) is 0 Å². The predicted octanol–water partition coefficient (Wildman–Crippen LogP) is 3.17. The summed E-state index contributed by atoms with van der Waals surface area (Å²) in [7, 11) is -3.52. The van der Waals surface area contributed by atoms with E-state index >= 15 is 0 Å². The Balaban J connectivity index is 2.19. The molecule has 2 aromatic carbocycles. The quantitative estimate of drug-likeness (QED) is 0.852. The Morgan fingerprint density at radius 1 is 1.15 bits per heavy atom. The molecule has 0 spiro atoms. The normalized spacial score (nSPS) is 11.3. The van der Waals surface area contributed by atoms with E-state index < -0.39 is 10.0 Å². The fraction of sp³-hybridized carbons (Fsp3) is 0.143. The molecule has 0 fully saturated rings. The average molecular weight is 311 g/mol. The van der Waals surface area contributed by atoms with Gasteiger partial charge >= 0.3 is 0 Å². The van der Waals surface area contributed by atoms with E-state index in [1.165, 1.54) is 0 Å². The zero-order chi connectivity index (χ0) is 14.8. The van der Waals surface area contributed by atoms with Gasteiger partial charge in [-0.05, 0) is 42.3 Å². The molecule has 0 saturated heterocycles. The molecule has 0 atom stereocenters.